The number of aliphatic imine (C=N–C) groups is 1. The first-order valence-electron chi connectivity index (χ1n) is 14.0. The van der Waals surface area contributed by atoms with E-state index in [4.69, 9.17) is 19.9 Å². The van der Waals surface area contributed by atoms with Gasteiger partial charge in [0.1, 0.15) is 11.7 Å². The van der Waals surface area contributed by atoms with Crippen LogP contribution >= 0.6 is 0 Å². The van der Waals surface area contributed by atoms with Gasteiger partial charge in [0.25, 0.3) is 0 Å². The number of methoxy groups -OCH3 is 1. The topological polar surface area (TPSA) is 127 Å². The quantitative estimate of drug-likeness (QED) is 0.138. The first-order chi connectivity index (χ1) is 19.8. The highest BCUT2D eigenvalue weighted by molar-refractivity contribution is 5.94. The molecule has 0 saturated heterocycles. The summed E-state index contributed by atoms with van der Waals surface area (Å²) in [5, 5.41) is 16.2. The summed E-state index contributed by atoms with van der Waals surface area (Å²) in [6.07, 6.45) is 12.4. The van der Waals surface area contributed by atoms with Crippen LogP contribution in [0.2, 0.25) is 0 Å². The molecule has 2 aromatic carbocycles. The van der Waals surface area contributed by atoms with E-state index in [1.165, 1.54) is 7.11 Å². The summed E-state index contributed by atoms with van der Waals surface area (Å²) < 4.78 is 17.8. The lowest BCUT2D eigenvalue weighted by molar-refractivity contribution is -0.114. The minimum absolute atomic E-state index is 0.0388. The third-order valence-corrected chi connectivity index (χ3v) is 7.54. The number of phenolic OH excluding ortho intramolecular Hbond substituents is 1. The Balaban J connectivity index is 1.48. The summed E-state index contributed by atoms with van der Waals surface area (Å²) in [7, 11) is 5.06. The Hall–Kier alpha value is -4.16. The molecule has 1 heterocycles. The van der Waals surface area contributed by atoms with Crippen molar-refractivity contribution in [1.82, 2.24) is 5.32 Å². The monoisotopic (exact) mass is 560 g/mol. The van der Waals surface area contributed by atoms with Gasteiger partial charge >= 0.3 is 0 Å². The number of anilines is 1. The van der Waals surface area contributed by atoms with E-state index < -0.39 is 0 Å². The Bertz CT molecular complexity index is 1360. The molecule has 9 heteroatoms. The molecule has 0 aromatic heterocycles. The van der Waals surface area contributed by atoms with Gasteiger partial charge in [-0.25, -0.2) is 0 Å². The molecule has 4 rings (SSSR count). The molecule has 1 aliphatic carbocycles. The van der Waals surface area contributed by atoms with Crippen molar-refractivity contribution in [1.29, 1.82) is 0 Å². The number of carbonyl (C=O) groups is 1. The molecule has 1 aliphatic heterocycles. The molecule has 9 nitrogen and oxygen atoms in total. The van der Waals surface area contributed by atoms with Crippen LogP contribution in [0, 0.1) is 17.9 Å². The summed E-state index contributed by atoms with van der Waals surface area (Å²) >= 11 is 0. The van der Waals surface area contributed by atoms with Crippen LogP contribution in [0.15, 0.2) is 47.5 Å². The highest BCUT2D eigenvalue weighted by Gasteiger charge is 2.41. The summed E-state index contributed by atoms with van der Waals surface area (Å²) in [5.41, 5.74) is 8.25. The lowest BCUT2D eigenvalue weighted by Gasteiger charge is -2.32. The number of ether oxygens (including phenoxy) is 3. The molecule has 0 unspecified atom stereocenters. The zero-order chi connectivity index (χ0) is 29.2. The van der Waals surface area contributed by atoms with E-state index in [0.29, 0.717) is 54.5 Å². The van der Waals surface area contributed by atoms with Gasteiger partial charge < -0.3 is 35.7 Å². The second kappa shape index (κ2) is 14.0. The number of carbonyl (C=O) groups excluding carboxylic acids is 1. The average molecular weight is 561 g/mol. The maximum Gasteiger partial charge on any atom is 0.205 e. The lowest BCUT2D eigenvalue weighted by Crippen LogP contribution is -2.43. The third-order valence-electron chi connectivity index (χ3n) is 7.54. The molecular weight excluding hydrogens is 520 g/mol. The first kappa shape index (κ1) is 29.8. The highest BCUT2D eigenvalue weighted by Crippen LogP contribution is 2.45. The number of nitrogens with zero attached hydrogens (tertiary/aromatic N) is 1. The smallest absolute Gasteiger partial charge is 0.205 e. The number of nitrogens with one attached hydrogen (secondary N) is 2. The van der Waals surface area contributed by atoms with E-state index in [9.17, 15) is 9.90 Å². The minimum atomic E-state index is -0.343. The zero-order valence-electron chi connectivity index (χ0n) is 24.1. The fourth-order valence-electron chi connectivity index (χ4n) is 5.45. The second-order valence-electron chi connectivity index (χ2n) is 10.6. The Labute approximate surface area is 242 Å². The van der Waals surface area contributed by atoms with Crippen molar-refractivity contribution < 1.29 is 24.1 Å². The standard InChI is InChI=1S/C32H40N4O5/c1-34-21-32-15-14-23(20-32)8-6-16-40-30-26(36-31(33)35-2)17-24(19-29(30)41-32)7-4-5-9-25(37)12-10-22-11-13-27(38)28(18-22)39-3/h5,9,11,13,17-19,23,34,38H,4,7-8,10,12,14-15,20-21H2,1-3H3,(H3,33,35,36)/b9-5+/t23-,32+/m0/s1. The van der Waals surface area contributed by atoms with Gasteiger partial charge in [0.15, 0.2) is 29.0 Å². The van der Waals surface area contributed by atoms with Crippen molar-refractivity contribution >= 4 is 17.4 Å². The van der Waals surface area contributed by atoms with Gasteiger partial charge in [-0.15, -0.1) is 0 Å². The molecule has 2 atom stereocenters. The second-order valence-corrected chi connectivity index (χ2v) is 10.6. The number of hydrogen-bond donors (Lipinski definition) is 4. The van der Waals surface area contributed by atoms with E-state index in [1.54, 1.807) is 31.3 Å². The Kier molecular flexibility index (Phi) is 10.1. The first-order valence-corrected chi connectivity index (χ1v) is 14.0. The number of likely N-dealkylation sites (N-methyl/N-ethyl adjacent to an activating group) is 1. The zero-order valence-corrected chi connectivity index (χ0v) is 24.1. The Morgan fingerprint density at radius 2 is 2.15 bits per heavy atom. The molecule has 1 fully saturated rings. The molecule has 2 bridgehead atoms. The van der Waals surface area contributed by atoms with Crippen LogP contribution in [0.4, 0.5) is 5.69 Å². The van der Waals surface area contributed by atoms with Crippen LogP contribution in [0.3, 0.4) is 0 Å². The SMILES string of the molecule is CN=C(N)Nc1cc(CC/C=C/C(=O)CCc2ccc(O)c(OC)c2)cc2c1OC#CC[C@H]1CC[C@](CNC)(C1)O2. The number of allylic oxidation sites excluding steroid dienone is 2. The number of phenols is 1. The average Bonchev–Trinajstić information content (AvgIpc) is 3.35. The lowest BCUT2D eigenvalue weighted by atomic mass is 9.97. The number of fused-ring (bicyclic) bond motifs is 3. The van der Waals surface area contributed by atoms with Crippen molar-refractivity contribution in [2.45, 2.75) is 57.0 Å². The van der Waals surface area contributed by atoms with Crippen LogP contribution in [0.25, 0.3) is 0 Å². The van der Waals surface area contributed by atoms with Gasteiger partial charge in [0.05, 0.1) is 12.8 Å². The number of guanidine groups is 1. The van der Waals surface area contributed by atoms with E-state index >= 15 is 0 Å². The summed E-state index contributed by atoms with van der Waals surface area (Å²) in [4.78, 5) is 16.5. The highest BCUT2D eigenvalue weighted by atomic mass is 16.5. The Morgan fingerprint density at radius 1 is 1.29 bits per heavy atom. The number of ketones is 1. The maximum atomic E-state index is 12.5. The molecule has 2 aromatic rings. The number of benzene rings is 2. The predicted molar refractivity (Wildman–Crippen MR) is 161 cm³/mol. The van der Waals surface area contributed by atoms with Gasteiger partial charge in [-0.2, -0.15) is 0 Å². The fraction of sp³-hybridized carbons (Fsp3) is 0.438. The van der Waals surface area contributed by atoms with Crippen molar-refractivity contribution in [2.75, 3.05) is 33.1 Å². The molecular formula is C32H40N4O5. The molecule has 218 valence electrons. The van der Waals surface area contributed by atoms with Crippen LogP contribution in [0.5, 0.6) is 23.0 Å². The van der Waals surface area contributed by atoms with Gasteiger partial charge in [-0.1, -0.05) is 18.1 Å². The fourth-order valence-corrected chi connectivity index (χ4v) is 5.45. The van der Waals surface area contributed by atoms with Crippen molar-refractivity contribution in [3.63, 3.8) is 0 Å². The molecule has 5 N–H and O–H groups in total. The summed E-state index contributed by atoms with van der Waals surface area (Å²) in [5.74, 6) is 5.53. The van der Waals surface area contributed by atoms with E-state index in [0.717, 1.165) is 43.4 Å². The van der Waals surface area contributed by atoms with Crippen molar-refractivity contribution in [3.05, 3.63) is 53.6 Å². The van der Waals surface area contributed by atoms with Gasteiger partial charge in [0, 0.05) is 26.4 Å². The minimum Gasteiger partial charge on any atom is -0.504 e. The van der Waals surface area contributed by atoms with E-state index in [1.807, 2.05) is 25.3 Å². The van der Waals surface area contributed by atoms with Crippen molar-refractivity contribution in [3.8, 4) is 35.0 Å². The summed E-state index contributed by atoms with van der Waals surface area (Å²) in [6.45, 7) is 0.726. The molecule has 2 aliphatic rings. The molecule has 1 saturated carbocycles. The van der Waals surface area contributed by atoms with Gasteiger partial charge in [0.2, 0.25) is 5.75 Å². The van der Waals surface area contributed by atoms with Gasteiger partial charge in [-0.3, -0.25) is 9.79 Å². The maximum absolute atomic E-state index is 12.5. The number of aryl methyl sites for hydroxylation is 2. The Morgan fingerprint density at radius 3 is 2.93 bits per heavy atom. The summed E-state index contributed by atoms with van der Waals surface area (Å²) in [6, 6.07) is 9.09. The molecule has 0 radical (unpaired) electrons. The third kappa shape index (κ3) is 7.95. The number of nitrogens with two attached hydrogens (primary N) is 1. The van der Waals surface area contributed by atoms with Crippen LogP contribution in [-0.4, -0.2) is 50.2 Å². The molecule has 0 amide bonds. The normalized spacial score (nSPS) is 19.9. The molecule has 41 heavy (non-hydrogen) atoms. The predicted octanol–water partition coefficient (Wildman–Crippen LogP) is 4.33. The van der Waals surface area contributed by atoms with E-state index in [2.05, 4.69) is 27.7 Å². The van der Waals surface area contributed by atoms with Crippen LogP contribution in [-0.2, 0) is 17.6 Å². The molecule has 0 spiro atoms. The van der Waals surface area contributed by atoms with E-state index in [-0.39, 0.29) is 23.1 Å². The number of rotatable bonds is 11. The van der Waals surface area contributed by atoms with Crippen LogP contribution in [0.1, 0.15) is 49.7 Å². The number of aromatic hydroxyl groups is 1. The van der Waals surface area contributed by atoms with Crippen LogP contribution < -0.4 is 30.6 Å². The largest absolute Gasteiger partial charge is 0.504 e. The van der Waals surface area contributed by atoms with Gasteiger partial charge in [-0.05, 0) is 93.0 Å². The van der Waals surface area contributed by atoms with Crippen molar-refractivity contribution in [2.24, 2.45) is 16.6 Å². The number of hydrogen-bond acceptors (Lipinski definition) is 7.